The van der Waals surface area contributed by atoms with Crippen molar-refractivity contribution in [3.63, 3.8) is 0 Å². The fraction of sp³-hybridized carbons (Fsp3) is 0.600. The van der Waals surface area contributed by atoms with Gasteiger partial charge in [-0.2, -0.15) is 8.61 Å². The number of carbonyl (C=O) groups excluding carboxylic acids is 1. The number of methoxy groups -OCH3 is 2. The molecule has 2 fully saturated rings. The van der Waals surface area contributed by atoms with Crippen LogP contribution in [0.3, 0.4) is 0 Å². The molecule has 0 spiro atoms. The Hall–Kier alpha value is -5.10. The number of hydrogen-bond donors (Lipinski definition) is 2. The van der Waals surface area contributed by atoms with Gasteiger partial charge in [0.2, 0.25) is 26.0 Å². The Morgan fingerprint density at radius 1 is 0.617 bits per heavy atom. The summed E-state index contributed by atoms with van der Waals surface area (Å²) >= 11 is 0. The second-order valence-electron chi connectivity index (χ2n) is 22.1. The molecule has 2 aromatic carbocycles. The minimum Gasteiger partial charge on any atom is -0.497 e. The average Bonchev–Trinajstić information content (AvgIpc) is 3.57. The van der Waals surface area contributed by atoms with Gasteiger partial charge >= 0.3 is 5.97 Å². The summed E-state index contributed by atoms with van der Waals surface area (Å²) in [6.45, 7) is 8.59. The van der Waals surface area contributed by atoms with Crippen molar-refractivity contribution in [2.45, 2.75) is 113 Å². The molecule has 6 rings (SSSR count). The molecule has 2 saturated carbocycles. The molecule has 0 atom stereocenters. The van der Waals surface area contributed by atoms with E-state index in [1.165, 1.54) is 68.7 Å². The smallest absolute Gasteiger partial charge is 0.329 e. The van der Waals surface area contributed by atoms with Crippen molar-refractivity contribution in [1.82, 2.24) is 38.6 Å². The zero-order valence-electron chi connectivity index (χ0n) is 50.8. The summed E-state index contributed by atoms with van der Waals surface area (Å²) in [5.41, 5.74) is 5.32. The van der Waals surface area contributed by atoms with Crippen molar-refractivity contribution >= 4 is 31.9 Å². The SMILES string of the molecule is CNCCC1CCC(c2cccnc2)(N(C)C)CC1.COc1cc(C)c(S(=O)(=O)N(C)CCOCC(=O)N(C)CCC2CCC(c3cccnc3)(N(C)C)CC2)c(C)c1.COc1cc(C)c(S(=O)(=O)N(C)CCOCC(=O)O)c(C)c1. The normalized spacial score (nSPS) is 19.4. The zero-order valence-corrected chi connectivity index (χ0v) is 52.4. The van der Waals surface area contributed by atoms with Gasteiger partial charge in [0.1, 0.15) is 24.7 Å². The second kappa shape index (κ2) is 32.1. The fourth-order valence-corrected chi connectivity index (χ4v) is 14.4. The number of carbonyl (C=O) groups is 2. The largest absolute Gasteiger partial charge is 0.497 e. The van der Waals surface area contributed by atoms with Crippen LogP contribution >= 0.6 is 0 Å². The van der Waals surface area contributed by atoms with Gasteiger partial charge in [0.05, 0.1) is 37.2 Å². The number of carboxylic acids is 1. The number of rotatable bonds is 26. The van der Waals surface area contributed by atoms with Crippen LogP contribution in [-0.2, 0) is 50.2 Å². The first-order chi connectivity index (χ1) is 38.3. The molecular weight excluding hydrogens is 1070 g/mol. The van der Waals surface area contributed by atoms with Gasteiger partial charge in [-0.3, -0.25) is 24.6 Å². The second-order valence-corrected chi connectivity index (χ2v) is 26.0. The lowest BCUT2D eigenvalue weighted by Crippen LogP contribution is -2.44. The Kier molecular flexibility index (Phi) is 27.1. The molecule has 0 saturated heterocycles. The lowest BCUT2D eigenvalue weighted by Gasteiger charge is -2.45. The maximum absolute atomic E-state index is 13.2. The van der Waals surface area contributed by atoms with E-state index < -0.39 is 32.6 Å². The Labute approximate surface area is 484 Å². The van der Waals surface area contributed by atoms with E-state index in [4.69, 9.17) is 24.1 Å². The van der Waals surface area contributed by atoms with E-state index in [0.29, 0.717) is 46.2 Å². The minimum absolute atomic E-state index is 0.0102. The van der Waals surface area contributed by atoms with Crippen LogP contribution in [0.5, 0.6) is 11.5 Å². The number of nitrogens with one attached hydrogen (secondary N) is 1. The molecule has 0 bridgehead atoms. The molecule has 0 unspecified atom stereocenters. The standard InChI is InChI=1S/C30H46N4O5S.C16H27N3.C14H21NO6S/c1-23-19-27(38-7)20-24(2)29(23)40(36,37)34(6)17-18-39-22-28(35)33(5)16-12-25-10-13-30(14-11-25,32(3)4)26-9-8-15-31-21-26;1-17-12-8-14-6-9-16(10-7-14,19(2)3)15-5-4-11-18-13-15;1-10-7-12(20-4)8-11(2)14(10)22(18,19)15(3)5-6-21-9-13(16)17/h8-9,15,19-21,25H,10-14,16-18,22H2,1-7H3;4-5,11,13-14,17H,6-10,12H2,1-3H3;7-8H,5-6,9H2,1-4H3,(H,16,17). The van der Waals surface area contributed by atoms with E-state index in [-0.39, 0.29) is 59.7 Å². The first-order valence-corrected chi connectivity index (χ1v) is 30.8. The van der Waals surface area contributed by atoms with Crippen molar-refractivity contribution in [3.05, 3.63) is 107 Å². The lowest BCUT2D eigenvalue weighted by atomic mass is 9.71. The summed E-state index contributed by atoms with van der Waals surface area (Å²) in [5, 5.41) is 11.7. The number of aryl methyl sites for hydroxylation is 4. The predicted octanol–water partition coefficient (Wildman–Crippen LogP) is 7.51. The van der Waals surface area contributed by atoms with Crippen molar-refractivity contribution < 1.29 is 50.5 Å². The van der Waals surface area contributed by atoms with Crippen LogP contribution in [0.15, 0.2) is 83.1 Å². The first kappa shape index (κ1) is 68.4. The number of nitrogens with zero attached hydrogens (tertiary/aromatic N) is 7. The molecule has 2 heterocycles. The monoisotopic (exact) mass is 1170 g/mol. The highest BCUT2D eigenvalue weighted by Crippen LogP contribution is 2.45. The number of hydrogen-bond acceptors (Lipinski definition) is 15. The van der Waals surface area contributed by atoms with Crippen LogP contribution in [0.4, 0.5) is 0 Å². The molecule has 4 aromatic rings. The quantitative estimate of drug-likeness (QED) is 0.0582. The van der Waals surface area contributed by atoms with Crippen LogP contribution in [-0.4, -0.2) is 190 Å². The van der Waals surface area contributed by atoms with Gasteiger partial charge in [-0.15, -0.1) is 0 Å². The summed E-state index contributed by atoms with van der Waals surface area (Å²) < 4.78 is 74.8. The third-order valence-electron chi connectivity index (χ3n) is 16.3. The van der Waals surface area contributed by atoms with E-state index in [1.807, 2.05) is 37.9 Å². The molecule has 19 nitrogen and oxygen atoms in total. The van der Waals surface area contributed by atoms with Crippen LogP contribution < -0.4 is 14.8 Å². The Bertz CT molecular complexity index is 2760. The van der Waals surface area contributed by atoms with Gasteiger partial charge in [0.15, 0.2) is 0 Å². The van der Waals surface area contributed by atoms with E-state index in [9.17, 15) is 26.4 Å². The van der Waals surface area contributed by atoms with Crippen LogP contribution in [0.25, 0.3) is 0 Å². The Morgan fingerprint density at radius 3 is 1.33 bits per heavy atom. The van der Waals surface area contributed by atoms with E-state index in [1.54, 1.807) is 71.0 Å². The molecule has 81 heavy (non-hydrogen) atoms. The van der Waals surface area contributed by atoms with Crippen LogP contribution in [0.2, 0.25) is 0 Å². The molecule has 452 valence electrons. The number of carboxylic acid groups (broad SMARTS) is 1. The van der Waals surface area contributed by atoms with Gasteiger partial charge < -0.3 is 34.3 Å². The summed E-state index contributed by atoms with van der Waals surface area (Å²) in [4.78, 5) is 38.6. The molecule has 0 radical (unpaired) electrons. The summed E-state index contributed by atoms with van der Waals surface area (Å²) in [7, 11) is 11.2. The van der Waals surface area contributed by atoms with Crippen molar-refractivity contribution in [2.24, 2.45) is 11.8 Å². The van der Waals surface area contributed by atoms with E-state index >= 15 is 0 Å². The third-order valence-corrected chi connectivity index (χ3v) is 20.6. The topological polar surface area (TPSA) is 214 Å². The number of ether oxygens (including phenoxy) is 4. The van der Waals surface area contributed by atoms with E-state index in [2.05, 4.69) is 71.5 Å². The van der Waals surface area contributed by atoms with Crippen molar-refractivity contribution in [1.29, 1.82) is 0 Å². The molecule has 2 N–H and O–H groups in total. The molecule has 21 heteroatoms. The van der Waals surface area contributed by atoms with Crippen molar-refractivity contribution in [2.75, 3.05) is 123 Å². The zero-order chi connectivity index (χ0) is 60.1. The lowest BCUT2D eigenvalue weighted by molar-refractivity contribution is -0.142. The number of aromatic nitrogens is 2. The third kappa shape index (κ3) is 18.7. The average molecular weight is 1170 g/mol. The maximum atomic E-state index is 13.2. The molecular formula is C60H94N8O11S2. The number of sulfonamides is 2. The highest BCUT2D eigenvalue weighted by Gasteiger charge is 2.40. The van der Waals surface area contributed by atoms with Gasteiger partial charge in [-0.25, -0.2) is 21.6 Å². The summed E-state index contributed by atoms with van der Waals surface area (Å²) in [6, 6.07) is 15.2. The maximum Gasteiger partial charge on any atom is 0.329 e. The fourth-order valence-electron chi connectivity index (χ4n) is 11.2. The number of likely N-dealkylation sites (N-methyl/N-ethyl adjacent to an activating group) is 3. The number of aliphatic carboxylic acids is 1. The van der Waals surface area contributed by atoms with Gasteiger partial charge in [0.25, 0.3) is 0 Å². The van der Waals surface area contributed by atoms with Crippen LogP contribution in [0.1, 0.15) is 97.6 Å². The van der Waals surface area contributed by atoms with Crippen LogP contribution in [0, 0.1) is 39.5 Å². The molecule has 2 aliphatic carbocycles. The highest BCUT2D eigenvalue weighted by atomic mass is 32.2. The number of pyridine rings is 2. The van der Waals surface area contributed by atoms with Crippen molar-refractivity contribution in [3.8, 4) is 11.5 Å². The van der Waals surface area contributed by atoms with Gasteiger partial charge in [-0.05, 0) is 215 Å². The minimum atomic E-state index is -3.70. The number of amides is 1. The number of benzene rings is 2. The Morgan fingerprint density at radius 2 is 1.00 bits per heavy atom. The highest BCUT2D eigenvalue weighted by molar-refractivity contribution is 7.89. The Balaban J connectivity index is 0.000000289. The first-order valence-electron chi connectivity index (χ1n) is 28.0. The molecule has 2 aromatic heterocycles. The van der Waals surface area contributed by atoms with Gasteiger partial charge in [-0.1, -0.05) is 12.1 Å². The molecule has 1 amide bonds. The summed E-state index contributed by atoms with van der Waals surface area (Å²) in [5.74, 6) is 1.49. The summed E-state index contributed by atoms with van der Waals surface area (Å²) in [6.07, 6.45) is 19.5. The molecule has 0 aliphatic heterocycles. The molecule has 2 aliphatic rings. The predicted molar refractivity (Wildman–Crippen MR) is 318 cm³/mol. The van der Waals surface area contributed by atoms with Gasteiger partial charge in [0, 0.05) is 76.6 Å². The van der Waals surface area contributed by atoms with E-state index in [0.717, 1.165) is 48.9 Å².